The molecule has 0 fully saturated rings. The van der Waals surface area contributed by atoms with Gasteiger partial charge in [-0.3, -0.25) is 0 Å². The topological polar surface area (TPSA) is 140 Å². The van der Waals surface area contributed by atoms with Gasteiger partial charge in [0.25, 0.3) is 0 Å². The van der Waals surface area contributed by atoms with Crippen LogP contribution in [0.15, 0.2) is 84.9 Å². The van der Waals surface area contributed by atoms with Crippen molar-refractivity contribution in [1.29, 1.82) is 0 Å². The molecule has 7 nitrogen and oxygen atoms in total. The zero-order chi connectivity index (χ0) is 42.0. The summed E-state index contributed by atoms with van der Waals surface area (Å²) in [6.07, 6.45) is 1.21. The van der Waals surface area contributed by atoms with E-state index in [0.29, 0.717) is 30.3 Å². The molecule has 2 N–H and O–H groups in total. The molecule has 4 rings (SSSR count). The molecule has 0 aliphatic carbocycles. The number of hydrogen-bond acceptors (Lipinski definition) is 7. The third-order valence-corrected chi connectivity index (χ3v) is 12.2. The van der Waals surface area contributed by atoms with E-state index in [1.165, 1.54) is 27.8 Å². The predicted molar refractivity (Wildman–Crippen MR) is 227 cm³/mol. The Kier molecular flexibility index (Phi) is 19.0. The predicted octanol–water partition coefficient (Wildman–Crippen LogP) is 9.86. The van der Waals surface area contributed by atoms with E-state index in [1.807, 2.05) is 42.5 Å². The normalized spacial score (nSPS) is 12.1. The molecule has 54 heavy (non-hydrogen) atoms. The van der Waals surface area contributed by atoms with Crippen molar-refractivity contribution >= 4 is 43.2 Å². The molecule has 0 unspecified atom stereocenters. The second kappa shape index (κ2) is 20.7. The van der Waals surface area contributed by atoms with Crippen molar-refractivity contribution in [1.82, 2.24) is 0 Å². The van der Waals surface area contributed by atoms with Gasteiger partial charge in [-0.1, -0.05) is 127 Å². The summed E-state index contributed by atoms with van der Waals surface area (Å²) in [6.45, 7) is 28.6. The van der Waals surface area contributed by atoms with E-state index < -0.39 is 20.2 Å². The van der Waals surface area contributed by atoms with Crippen LogP contribution in [0.1, 0.15) is 118 Å². The number of anilines is 1. The summed E-state index contributed by atoms with van der Waals surface area (Å²) in [7, 11) is -8.20. The van der Waals surface area contributed by atoms with Gasteiger partial charge in [0.1, 0.15) is 0 Å². The average molecular weight is 889 g/mol. The van der Waals surface area contributed by atoms with Crippen LogP contribution >= 0.6 is 7.92 Å². The zero-order valence-electron chi connectivity index (χ0n) is 34.4. The van der Waals surface area contributed by atoms with Crippen LogP contribution in [0.2, 0.25) is 0 Å². The fraction of sp³-hybridized carbons (Fsp3) is 0.442. The number of rotatable bonds is 6. The van der Waals surface area contributed by atoms with Gasteiger partial charge in [-0.2, -0.15) is 0 Å². The summed E-state index contributed by atoms with van der Waals surface area (Å²) in [5, 5.41) is 2.06. The number of hydrogen-bond donors (Lipinski definition) is 1. The average Bonchev–Trinajstić information content (AvgIpc) is 2.98. The van der Waals surface area contributed by atoms with Crippen LogP contribution in [0.3, 0.4) is 0 Å². The molecule has 4 aromatic rings. The Morgan fingerprint density at radius 2 is 0.944 bits per heavy atom. The molecular formula is C43H61NO6PPdS2. The summed E-state index contributed by atoms with van der Waals surface area (Å²) in [4.78, 5) is 0. The molecule has 0 saturated heterocycles. The van der Waals surface area contributed by atoms with Gasteiger partial charge in [-0.05, 0) is 61.2 Å². The van der Waals surface area contributed by atoms with Gasteiger partial charge in [0.05, 0.1) is 20.2 Å². The fourth-order valence-electron chi connectivity index (χ4n) is 6.28. The first-order valence-electron chi connectivity index (χ1n) is 17.9. The van der Waals surface area contributed by atoms with Crippen molar-refractivity contribution in [2.45, 2.75) is 111 Å². The fourth-order valence-corrected chi connectivity index (χ4v) is 10.9. The standard InChI is InChI=1S/C29H45P.C12H10N.2CH4O3S.Pd/c1-19(2)22-17-24(20(3)4)27(25(18-22)21(5)6)23-15-13-14-16-26(23)30(28(7,8)9)29(10,11)12;13-12-9-5-4-8-11(12)10-6-2-1-3-7-10;2*1-5(2,3)4;/h13-21H,1-12H3;1-6,8-9H,13H2;2*1H3,(H,2,3,4);/q;;;;+2/p-2. The summed E-state index contributed by atoms with van der Waals surface area (Å²) in [5.74, 6) is 1.55. The summed E-state index contributed by atoms with van der Waals surface area (Å²) >= 11 is 3.23. The van der Waals surface area contributed by atoms with Crippen LogP contribution < -0.4 is 15.1 Å². The molecule has 301 valence electrons. The Labute approximate surface area is 339 Å². The first-order valence-corrected chi connectivity index (χ1v) is 23.7. The monoisotopic (exact) mass is 888 g/mol. The second-order valence-electron chi connectivity index (χ2n) is 16.2. The summed E-state index contributed by atoms with van der Waals surface area (Å²) in [5.41, 5.74) is 16.4. The number of nitrogens with two attached hydrogens (primary N) is 1. The van der Waals surface area contributed by atoms with Crippen molar-refractivity contribution < 1.29 is 45.1 Å². The van der Waals surface area contributed by atoms with Gasteiger partial charge < -0.3 is 9.11 Å². The maximum atomic E-state index is 9.08. The first-order chi connectivity index (χ1) is 24.4. The van der Waals surface area contributed by atoms with Gasteiger partial charge in [0.2, 0.25) is 0 Å². The number of benzene rings is 4. The molecule has 0 aromatic heterocycles. The Bertz CT molecular complexity index is 1900. The van der Waals surface area contributed by atoms with Gasteiger partial charge in [0, 0.05) is 12.5 Å². The quantitative estimate of drug-likeness (QED) is 0.0880. The minimum atomic E-state index is -3.92. The molecular weight excluding hydrogens is 828 g/mol. The van der Waals surface area contributed by atoms with Crippen molar-refractivity contribution in [3.63, 3.8) is 0 Å². The molecule has 0 aliphatic heterocycles. The van der Waals surface area contributed by atoms with E-state index in [-0.39, 0.29) is 18.2 Å². The molecule has 0 atom stereocenters. The molecule has 0 radical (unpaired) electrons. The van der Waals surface area contributed by atoms with Crippen LogP contribution in [-0.2, 0) is 39.4 Å². The summed E-state index contributed by atoms with van der Waals surface area (Å²) < 4.78 is 55.6. The van der Waals surface area contributed by atoms with Crippen molar-refractivity contribution in [3.8, 4) is 22.3 Å². The van der Waals surface area contributed by atoms with Crippen molar-refractivity contribution in [2.75, 3.05) is 18.2 Å². The van der Waals surface area contributed by atoms with E-state index >= 15 is 0 Å². The molecule has 11 heteroatoms. The molecule has 0 saturated carbocycles. The first kappa shape index (κ1) is 49.6. The molecule has 0 aliphatic rings. The van der Waals surface area contributed by atoms with Gasteiger partial charge in [0.15, 0.2) is 0 Å². The second-order valence-corrected chi connectivity index (χ2v) is 23.7. The zero-order valence-corrected chi connectivity index (χ0v) is 38.5. The van der Waals surface area contributed by atoms with Gasteiger partial charge in [-0.15, -0.1) is 0 Å². The van der Waals surface area contributed by atoms with E-state index in [0.717, 1.165) is 20.9 Å². The van der Waals surface area contributed by atoms with Gasteiger partial charge in [-0.25, -0.2) is 16.8 Å². The molecule has 4 aromatic carbocycles. The van der Waals surface area contributed by atoms with E-state index in [1.54, 1.807) is 5.30 Å². The Hall–Kier alpha value is -2.41. The van der Waals surface area contributed by atoms with Crippen LogP contribution in [0.25, 0.3) is 22.3 Å². The number of para-hydroxylation sites is 1. The van der Waals surface area contributed by atoms with Crippen molar-refractivity contribution in [3.05, 3.63) is 102 Å². The van der Waals surface area contributed by atoms with Crippen LogP contribution in [0.5, 0.6) is 0 Å². The molecule has 0 heterocycles. The van der Waals surface area contributed by atoms with E-state index in [9.17, 15) is 0 Å². The van der Waals surface area contributed by atoms with Crippen LogP contribution in [-0.4, -0.2) is 48.8 Å². The van der Waals surface area contributed by atoms with Gasteiger partial charge >= 0.3 is 94.3 Å². The Morgan fingerprint density at radius 1 is 0.593 bits per heavy atom. The minimum absolute atomic E-state index is 0.248. The van der Waals surface area contributed by atoms with Crippen molar-refractivity contribution in [2.24, 2.45) is 0 Å². The molecule has 0 spiro atoms. The maximum absolute atomic E-state index is 9.08. The van der Waals surface area contributed by atoms with E-state index in [4.69, 9.17) is 31.7 Å². The third-order valence-electron chi connectivity index (χ3n) is 7.99. The molecule has 0 amide bonds. The Balaban J connectivity index is 0.000000494. The molecule has 0 bridgehead atoms. The SMILES string of the molecule is CC(C)c1cc(C(C)C)c(-c2ccccc2P(C(C)(C)C)C(C)(C)C)c(C(C)C)c1.CS(=O)(=O)[O-].CS(=O)(=O)[O-].Nc1ccccc1-c1cccc[c]1[Pd+2]. The van der Waals surface area contributed by atoms with Crippen LogP contribution in [0, 0.1) is 0 Å². The third kappa shape index (κ3) is 17.2. The number of nitrogen functional groups attached to an aromatic ring is 1. The Morgan fingerprint density at radius 3 is 1.30 bits per heavy atom. The van der Waals surface area contributed by atoms with Crippen LogP contribution in [0.4, 0.5) is 5.69 Å². The van der Waals surface area contributed by atoms with E-state index in [2.05, 4.69) is 145 Å². The summed E-state index contributed by atoms with van der Waals surface area (Å²) in [6, 6.07) is 30.3.